The molecule has 0 aliphatic heterocycles. The van der Waals surface area contributed by atoms with Gasteiger partial charge in [0.1, 0.15) is 5.54 Å². The molecule has 0 bridgehead atoms. The highest BCUT2D eigenvalue weighted by Crippen LogP contribution is 2.18. The number of Topliss-reactive ketones (excluding diaryl/α,β-unsaturated/α-hetero) is 4. The summed E-state index contributed by atoms with van der Waals surface area (Å²) in [4.78, 5) is 47.2. The van der Waals surface area contributed by atoms with Crippen molar-refractivity contribution in [2.45, 2.75) is 57.9 Å². The van der Waals surface area contributed by atoms with Crippen molar-refractivity contribution in [2.75, 3.05) is 6.54 Å². The first-order valence-electron chi connectivity index (χ1n) is 6.99. The second-order valence-electron chi connectivity index (χ2n) is 4.78. The van der Waals surface area contributed by atoms with Crippen molar-refractivity contribution in [2.24, 2.45) is 11.5 Å². The van der Waals surface area contributed by atoms with Crippen LogP contribution in [0, 0.1) is 0 Å². The van der Waals surface area contributed by atoms with Gasteiger partial charge in [-0.15, -0.1) is 0 Å². The first-order chi connectivity index (χ1) is 9.34. The highest BCUT2D eigenvalue weighted by Gasteiger charge is 2.45. The zero-order chi connectivity index (χ0) is 15.8. The molecule has 0 saturated heterocycles. The molecule has 0 aliphatic rings. The molecule has 0 rings (SSSR count). The molecule has 0 atom stereocenters. The van der Waals surface area contributed by atoms with Crippen molar-refractivity contribution in [1.29, 1.82) is 0 Å². The van der Waals surface area contributed by atoms with E-state index in [-0.39, 0.29) is 19.3 Å². The van der Waals surface area contributed by atoms with Gasteiger partial charge in [-0.1, -0.05) is 26.7 Å². The molecule has 0 saturated carbocycles. The van der Waals surface area contributed by atoms with E-state index in [0.717, 1.165) is 6.42 Å². The van der Waals surface area contributed by atoms with E-state index in [2.05, 4.69) is 0 Å². The summed E-state index contributed by atoms with van der Waals surface area (Å²) in [6.07, 6.45) is 1.84. The topological polar surface area (TPSA) is 120 Å². The van der Waals surface area contributed by atoms with Crippen molar-refractivity contribution in [3.05, 3.63) is 0 Å². The summed E-state index contributed by atoms with van der Waals surface area (Å²) in [6.45, 7) is 3.53. The highest BCUT2D eigenvalue weighted by molar-refractivity contribution is 6.54. The van der Waals surface area contributed by atoms with Crippen LogP contribution in [-0.2, 0) is 19.2 Å². The van der Waals surface area contributed by atoms with Gasteiger partial charge in [-0.25, -0.2) is 0 Å². The number of carbonyl (C=O) groups is 4. The lowest BCUT2D eigenvalue weighted by molar-refractivity contribution is -0.148. The molecule has 4 N–H and O–H groups in total. The fourth-order valence-electron chi connectivity index (χ4n) is 1.87. The number of rotatable bonds is 11. The van der Waals surface area contributed by atoms with Gasteiger partial charge in [0.15, 0.2) is 0 Å². The molecule has 0 heterocycles. The average Bonchev–Trinajstić information content (AvgIpc) is 2.47. The lowest BCUT2D eigenvalue weighted by Crippen LogP contribution is -2.59. The third kappa shape index (κ3) is 4.61. The number of hydrogen-bond acceptors (Lipinski definition) is 6. The van der Waals surface area contributed by atoms with Gasteiger partial charge in [0.2, 0.25) is 23.1 Å². The molecule has 0 spiro atoms. The van der Waals surface area contributed by atoms with Crippen molar-refractivity contribution in [3.8, 4) is 0 Å². The van der Waals surface area contributed by atoms with E-state index < -0.39 is 28.7 Å². The maximum absolute atomic E-state index is 12.0. The van der Waals surface area contributed by atoms with Gasteiger partial charge >= 0.3 is 0 Å². The molecule has 114 valence electrons. The molecule has 0 aromatic carbocycles. The zero-order valence-electron chi connectivity index (χ0n) is 12.2. The maximum atomic E-state index is 12.0. The van der Waals surface area contributed by atoms with Gasteiger partial charge in [-0.3, -0.25) is 19.2 Å². The fraction of sp³-hybridized carbons (Fsp3) is 0.714. The van der Waals surface area contributed by atoms with Crippen LogP contribution in [-0.4, -0.2) is 35.2 Å². The molecule has 20 heavy (non-hydrogen) atoms. The summed E-state index contributed by atoms with van der Waals surface area (Å²) in [7, 11) is 0. The van der Waals surface area contributed by atoms with Gasteiger partial charge in [0, 0.05) is 12.8 Å². The smallest absolute Gasteiger partial charge is 0.226 e. The monoisotopic (exact) mass is 284 g/mol. The van der Waals surface area contributed by atoms with E-state index in [1.54, 1.807) is 0 Å². The Morgan fingerprint density at radius 2 is 1.30 bits per heavy atom. The number of nitrogens with two attached hydrogens (primary N) is 2. The number of unbranched alkanes of at least 4 members (excludes halogenated alkanes) is 2. The van der Waals surface area contributed by atoms with Gasteiger partial charge in [0.25, 0.3) is 0 Å². The first kappa shape index (κ1) is 18.6. The molecule has 0 aliphatic carbocycles. The lowest BCUT2D eigenvalue weighted by Gasteiger charge is -2.24. The molecule has 0 amide bonds. The minimum Gasteiger partial charge on any atom is -0.330 e. The molecule has 0 fully saturated rings. The summed E-state index contributed by atoms with van der Waals surface area (Å²) >= 11 is 0. The Hall–Kier alpha value is -1.40. The fourth-order valence-corrected chi connectivity index (χ4v) is 1.87. The average molecular weight is 284 g/mol. The molecule has 0 unspecified atom stereocenters. The van der Waals surface area contributed by atoms with Crippen LogP contribution in [0.3, 0.4) is 0 Å². The summed E-state index contributed by atoms with van der Waals surface area (Å²) in [5.41, 5.74) is 9.21. The van der Waals surface area contributed by atoms with Crippen LogP contribution in [0.4, 0.5) is 0 Å². The number of ketones is 4. The quantitative estimate of drug-likeness (QED) is 0.320. The van der Waals surface area contributed by atoms with Gasteiger partial charge in [0.05, 0.1) is 0 Å². The molecular weight excluding hydrogens is 260 g/mol. The van der Waals surface area contributed by atoms with Crippen LogP contribution in [0.5, 0.6) is 0 Å². The second kappa shape index (κ2) is 8.71. The lowest BCUT2D eigenvalue weighted by atomic mass is 9.80. The van der Waals surface area contributed by atoms with E-state index in [1.807, 2.05) is 0 Å². The summed E-state index contributed by atoms with van der Waals surface area (Å²) in [5, 5.41) is 0. The maximum Gasteiger partial charge on any atom is 0.226 e. The van der Waals surface area contributed by atoms with Crippen molar-refractivity contribution in [1.82, 2.24) is 0 Å². The summed E-state index contributed by atoms with van der Waals surface area (Å²) in [5.74, 6) is -3.36. The van der Waals surface area contributed by atoms with E-state index >= 15 is 0 Å². The van der Waals surface area contributed by atoms with E-state index in [0.29, 0.717) is 19.4 Å². The van der Waals surface area contributed by atoms with Crippen LogP contribution in [0.2, 0.25) is 0 Å². The Bertz CT molecular complexity index is 363. The van der Waals surface area contributed by atoms with Crippen LogP contribution in [0.25, 0.3) is 0 Å². The van der Waals surface area contributed by atoms with Crippen LogP contribution in [0.1, 0.15) is 52.4 Å². The number of hydrogen-bond donors (Lipinski definition) is 2. The zero-order valence-corrected chi connectivity index (χ0v) is 12.2. The normalized spacial score (nSPS) is 11.2. The number of carbonyl (C=O) groups excluding carboxylic acids is 4. The predicted octanol–water partition coefficient (Wildman–Crippen LogP) is 0.299. The SMILES string of the molecule is CCC(=O)C(=O)C(N)(CCCCCN)C(=O)C(=O)CC. The van der Waals surface area contributed by atoms with E-state index in [1.165, 1.54) is 13.8 Å². The predicted molar refractivity (Wildman–Crippen MR) is 75.1 cm³/mol. The molecule has 0 radical (unpaired) electrons. The molecule has 0 aromatic heterocycles. The van der Waals surface area contributed by atoms with Gasteiger partial charge in [-0.05, 0) is 19.4 Å². The standard InChI is InChI=1S/C14H24N2O4/c1-3-10(17)12(19)14(16,8-6-5-7-9-15)13(20)11(18)4-2/h3-9,15-16H2,1-2H3. The molecular formula is C14H24N2O4. The minimum atomic E-state index is -2.01. The Morgan fingerprint density at radius 3 is 1.65 bits per heavy atom. The van der Waals surface area contributed by atoms with Crippen LogP contribution >= 0.6 is 0 Å². The van der Waals surface area contributed by atoms with Crippen molar-refractivity contribution >= 4 is 23.1 Å². The third-order valence-electron chi connectivity index (χ3n) is 3.23. The Morgan fingerprint density at radius 1 is 0.850 bits per heavy atom. The second-order valence-corrected chi connectivity index (χ2v) is 4.78. The van der Waals surface area contributed by atoms with E-state index in [4.69, 9.17) is 11.5 Å². The van der Waals surface area contributed by atoms with Crippen LogP contribution < -0.4 is 11.5 Å². The highest BCUT2D eigenvalue weighted by atomic mass is 16.2. The summed E-state index contributed by atoms with van der Waals surface area (Å²) < 4.78 is 0. The Labute approximate surface area is 119 Å². The van der Waals surface area contributed by atoms with Crippen molar-refractivity contribution < 1.29 is 19.2 Å². The minimum absolute atomic E-state index is 0.00213. The van der Waals surface area contributed by atoms with Gasteiger partial charge in [-0.2, -0.15) is 0 Å². The molecule has 0 aromatic rings. The first-order valence-corrected chi connectivity index (χ1v) is 6.99. The molecule has 6 heteroatoms. The Kier molecular flexibility index (Phi) is 8.10. The van der Waals surface area contributed by atoms with Gasteiger partial charge < -0.3 is 11.5 Å². The molecule has 6 nitrogen and oxygen atoms in total. The van der Waals surface area contributed by atoms with Crippen molar-refractivity contribution in [3.63, 3.8) is 0 Å². The van der Waals surface area contributed by atoms with E-state index in [9.17, 15) is 19.2 Å². The Balaban J connectivity index is 5.12. The largest absolute Gasteiger partial charge is 0.330 e. The summed E-state index contributed by atoms with van der Waals surface area (Å²) in [6, 6.07) is 0. The van der Waals surface area contributed by atoms with Crippen LogP contribution in [0.15, 0.2) is 0 Å². The third-order valence-corrected chi connectivity index (χ3v) is 3.23.